The van der Waals surface area contributed by atoms with Crippen LogP contribution in [-0.2, 0) is 0 Å². The Bertz CT molecular complexity index is 731. The van der Waals surface area contributed by atoms with E-state index in [9.17, 15) is 13.2 Å². The van der Waals surface area contributed by atoms with Crippen molar-refractivity contribution >= 4 is 5.57 Å². The van der Waals surface area contributed by atoms with Crippen molar-refractivity contribution in [1.29, 1.82) is 0 Å². The highest BCUT2D eigenvalue weighted by Gasteiger charge is 2.16. The Hall–Kier alpha value is -2.03. The van der Waals surface area contributed by atoms with Gasteiger partial charge in [0.2, 0.25) is 0 Å². The van der Waals surface area contributed by atoms with Crippen molar-refractivity contribution in [3.05, 3.63) is 65.5 Å². The molecule has 2 aromatic rings. The van der Waals surface area contributed by atoms with E-state index in [1.807, 2.05) is 0 Å². The Balaban J connectivity index is 1.95. The normalized spacial score (nSPS) is 18.2. The lowest BCUT2D eigenvalue weighted by Crippen LogP contribution is -2.02. The quantitative estimate of drug-likeness (QED) is 0.640. The van der Waals surface area contributed by atoms with Crippen molar-refractivity contribution in [2.45, 2.75) is 26.2 Å². The molecule has 3 heteroatoms. The summed E-state index contributed by atoms with van der Waals surface area (Å²) in [5, 5.41) is 0. The summed E-state index contributed by atoms with van der Waals surface area (Å²) in [5.74, 6) is -1.04. The van der Waals surface area contributed by atoms with Crippen LogP contribution < -0.4 is 0 Å². The Labute approximate surface area is 128 Å². The highest BCUT2D eigenvalue weighted by molar-refractivity contribution is 5.71. The third-order valence-corrected chi connectivity index (χ3v) is 4.23. The van der Waals surface area contributed by atoms with Crippen LogP contribution >= 0.6 is 0 Å². The molecule has 1 aliphatic carbocycles. The number of rotatable bonds is 2. The molecule has 0 amide bonds. The molecule has 0 nitrogen and oxygen atoms in total. The maximum Gasteiger partial charge on any atom is 0.133 e. The lowest BCUT2D eigenvalue weighted by atomic mass is 9.87. The minimum atomic E-state index is -0.683. The molecule has 0 aliphatic heterocycles. The number of allylic oxidation sites excluding steroid dienone is 2. The van der Waals surface area contributed by atoms with Gasteiger partial charge in [-0.05, 0) is 54.5 Å². The van der Waals surface area contributed by atoms with Gasteiger partial charge in [-0.25, -0.2) is 13.2 Å². The van der Waals surface area contributed by atoms with Gasteiger partial charge in [0.25, 0.3) is 0 Å². The fraction of sp³-hybridized carbons (Fsp3) is 0.263. The van der Waals surface area contributed by atoms with E-state index in [2.05, 4.69) is 13.0 Å². The van der Waals surface area contributed by atoms with Gasteiger partial charge in [0.15, 0.2) is 0 Å². The summed E-state index contributed by atoms with van der Waals surface area (Å²) in [7, 11) is 0. The lowest BCUT2D eigenvalue weighted by molar-refractivity contribution is 0.531. The highest BCUT2D eigenvalue weighted by Crippen LogP contribution is 2.33. The van der Waals surface area contributed by atoms with Gasteiger partial charge in [-0.15, -0.1) is 0 Å². The summed E-state index contributed by atoms with van der Waals surface area (Å²) in [4.78, 5) is 0. The van der Waals surface area contributed by atoms with Gasteiger partial charge in [-0.1, -0.05) is 25.1 Å². The van der Waals surface area contributed by atoms with Crippen molar-refractivity contribution in [3.63, 3.8) is 0 Å². The van der Waals surface area contributed by atoms with E-state index < -0.39 is 11.6 Å². The topological polar surface area (TPSA) is 0 Å². The van der Waals surface area contributed by atoms with E-state index in [1.54, 1.807) is 12.1 Å². The van der Waals surface area contributed by atoms with E-state index in [4.69, 9.17) is 0 Å². The van der Waals surface area contributed by atoms with E-state index in [0.717, 1.165) is 30.9 Å². The molecular formula is C19H17F3. The lowest BCUT2D eigenvalue weighted by Gasteiger charge is -2.19. The third kappa shape index (κ3) is 2.94. The summed E-state index contributed by atoms with van der Waals surface area (Å²) < 4.78 is 41.1. The van der Waals surface area contributed by atoms with E-state index in [0.29, 0.717) is 17.0 Å². The van der Waals surface area contributed by atoms with Gasteiger partial charge in [-0.3, -0.25) is 0 Å². The van der Waals surface area contributed by atoms with Crippen LogP contribution in [-0.4, -0.2) is 0 Å². The van der Waals surface area contributed by atoms with Gasteiger partial charge in [0.05, 0.1) is 0 Å². The van der Waals surface area contributed by atoms with Crippen LogP contribution in [0.1, 0.15) is 31.7 Å². The second-order valence-corrected chi connectivity index (χ2v) is 5.93. The predicted molar refractivity (Wildman–Crippen MR) is 82.7 cm³/mol. The van der Waals surface area contributed by atoms with Crippen molar-refractivity contribution in [3.8, 4) is 11.1 Å². The summed E-state index contributed by atoms with van der Waals surface area (Å²) in [5.41, 5.74) is 2.22. The SMILES string of the molecule is CC1CC=C(c2ccc(-c3ccc(F)cc3F)cc2F)CC1. The van der Waals surface area contributed by atoms with Gasteiger partial charge in [0.1, 0.15) is 17.5 Å². The molecule has 0 bridgehead atoms. The Morgan fingerprint density at radius 2 is 1.64 bits per heavy atom. The van der Waals surface area contributed by atoms with Gasteiger partial charge >= 0.3 is 0 Å². The van der Waals surface area contributed by atoms with E-state index >= 15 is 0 Å². The zero-order valence-corrected chi connectivity index (χ0v) is 12.4. The molecule has 1 unspecified atom stereocenters. The average molecular weight is 302 g/mol. The Morgan fingerprint density at radius 3 is 2.27 bits per heavy atom. The van der Waals surface area contributed by atoms with Gasteiger partial charge < -0.3 is 0 Å². The minimum Gasteiger partial charge on any atom is -0.207 e. The molecule has 1 atom stereocenters. The van der Waals surface area contributed by atoms with Crippen LogP contribution in [0.4, 0.5) is 13.2 Å². The number of hydrogen-bond donors (Lipinski definition) is 0. The van der Waals surface area contributed by atoms with Crippen LogP contribution in [0.2, 0.25) is 0 Å². The molecule has 0 heterocycles. The second kappa shape index (κ2) is 5.99. The Kier molecular flexibility index (Phi) is 4.06. The molecule has 22 heavy (non-hydrogen) atoms. The number of halogens is 3. The molecule has 0 spiro atoms. The monoisotopic (exact) mass is 302 g/mol. The Morgan fingerprint density at radius 1 is 0.909 bits per heavy atom. The summed E-state index contributed by atoms with van der Waals surface area (Å²) >= 11 is 0. The fourth-order valence-corrected chi connectivity index (χ4v) is 2.88. The summed E-state index contributed by atoms with van der Waals surface area (Å²) in [6, 6.07) is 8.02. The fourth-order valence-electron chi connectivity index (χ4n) is 2.88. The van der Waals surface area contributed by atoms with Crippen molar-refractivity contribution in [2.75, 3.05) is 0 Å². The molecular weight excluding hydrogens is 285 g/mol. The largest absolute Gasteiger partial charge is 0.207 e. The standard InChI is InChI=1S/C19H17F3/c1-12-2-4-13(5-3-12)16-8-6-14(10-18(16)21)17-9-7-15(20)11-19(17)22/h4,6-12H,2-3,5H2,1H3. The van der Waals surface area contributed by atoms with Crippen molar-refractivity contribution < 1.29 is 13.2 Å². The summed E-state index contributed by atoms with van der Waals surface area (Å²) in [6.07, 6.45) is 4.97. The minimum absolute atomic E-state index is 0.207. The molecule has 0 saturated heterocycles. The molecule has 0 fully saturated rings. The molecule has 3 rings (SSSR count). The van der Waals surface area contributed by atoms with Gasteiger partial charge in [0, 0.05) is 17.2 Å². The van der Waals surface area contributed by atoms with Crippen LogP contribution in [0.5, 0.6) is 0 Å². The van der Waals surface area contributed by atoms with Gasteiger partial charge in [-0.2, -0.15) is 0 Å². The molecule has 0 aromatic heterocycles. The third-order valence-electron chi connectivity index (χ3n) is 4.23. The zero-order valence-electron chi connectivity index (χ0n) is 12.4. The van der Waals surface area contributed by atoms with Crippen LogP contribution in [0.25, 0.3) is 16.7 Å². The zero-order chi connectivity index (χ0) is 15.7. The van der Waals surface area contributed by atoms with Crippen LogP contribution in [0.3, 0.4) is 0 Å². The predicted octanol–water partition coefficient (Wildman–Crippen LogP) is 5.97. The maximum atomic E-state index is 14.4. The number of benzene rings is 2. The van der Waals surface area contributed by atoms with Crippen LogP contribution in [0.15, 0.2) is 42.5 Å². The molecule has 2 aromatic carbocycles. The van der Waals surface area contributed by atoms with E-state index in [-0.39, 0.29) is 11.4 Å². The second-order valence-electron chi connectivity index (χ2n) is 5.93. The molecule has 0 N–H and O–H groups in total. The summed E-state index contributed by atoms with van der Waals surface area (Å²) in [6.45, 7) is 2.18. The van der Waals surface area contributed by atoms with Crippen molar-refractivity contribution in [2.24, 2.45) is 5.92 Å². The molecule has 114 valence electrons. The molecule has 0 radical (unpaired) electrons. The smallest absolute Gasteiger partial charge is 0.133 e. The highest BCUT2D eigenvalue weighted by atomic mass is 19.1. The van der Waals surface area contributed by atoms with E-state index in [1.165, 1.54) is 18.2 Å². The average Bonchev–Trinajstić information content (AvgIpc) is 2.48. The first kappa shape index (κ1) is 14.9. The maximum absolute atomic E-state index is 14.4. The first-order valence-corrected chi connectivity index (χ1v) is 7.49. The molecule has 0 saturated carbocycles. The van der Waals surface area contributed by atoms with Crippen molar-refractivity contribution in [1.82, 2.24) is 0 Å². The number of hydrogen-bond acceptors (Lipinski definition) is 0. The first-order valence-electron chi connectivity index (χ1n) is 7.49. The van der Waals surface area contributed by atoms with Crippen LogP contribution in [0, 0.1) is 23.4 Å². The molecule has 1 aliphatic rings. The first-order chi connectivity index (χ1) is 10.5.